The van der Waals surface area contributed by atoms with Gasteiger partial charge in [-0.15, -0.1) is 0 Å². The highest BCUT2D eigenvalue weighted by atomic mass is 16.4. The number of aliphatic carboxylic acids is 1. The Labute approximate surface area is 90.8 Å². The molecule has 0 amide bonds. The fourth-order valence-corrected chi connectivity index (χ4v) is 1.29. The molecule has 82 valence electrons. The van der Waals surface area contributed by atoms with Crippen molar-refractivity contribution in [2.24, 2.45) is 0 Å². The predicted molar refractivity (Wildman–Crippen MR) is 54.4 cm³/mol. The molecule has 0 aliphatic heterocycles. The van der Waals surface area contributed by atoms with Crippen LogP contribution in [0.1, 0.15) is 5.82 Å². The number of aromatic nitrogens is 3. The molecule has 1 aromatic carbocycles. The van der Waals surface area contributed by atoms with Crippen molar-refractivity contribution >= 4 is 5.97 Å². The first-order valence-corrected chi connectivity index (χ1v) is 4.57. The molecule has 0 atom stereocenters. The summed E-state index contributed by atoms with van der Waals surface area (Å²) in [6.45, 7) is 0. The minimum absolute atomic E-state index is 0.0641. The topological polar surface area (TPSA) is 88.2 Å². The summed E-state index contributed by atoms with van der Waals surface area (Å²) in [5.41, 5.74) is 0.464. The van der Waals surface area contributed by atoms with Crippen LogP contribution in [0.15, 0.2) is 30.6 Å². The molecular formula is C10H9N3O3. The monoisotopic (exact) mass is 219 g/mol. The van der Waals surface area contributed by atoms with E-state index in [4.69, 9.17) is 5.11 Å². The van der Waals surface area contributed by atoms with Crippen LogP contribution in [-0.2, 0) is 11.2 Å². The quantitative estimate of drug-likeness (QED) is 0.789. The number of carboxylic acid groups (broad SMARTS) is 1. The first kappa shape index (κ1) is 10.2. The number of phenolic OH excluding ortho intramolecular Hbond substituents is 1. The minimum atomic E-state index is -0.991. The molecule has 2 rings (SSSR count). The molecule has 0 bridgehead atoms. The Bertz CT molecular complexity index is 522. The first-order valence-electron chi connectivity index (χ1n) is 4.57. The van der Waals surface area contributed by atoms with Gasteiger partial charge in [-0.25, -0.2) is 9.67 Å². The summed E-state index contributed by atoms with van der Waals surface area (Å²) in [4.78, 5) is 14.3. The normalized spacial score (nSPS) is 10.2. The summed E-state index contributed by atoms with van der Waals surface area (Å²) in [6, 6.07) is 6.62. The summed E-state index contributed by atoms with van der Waals surface area (Å²) >= 11 is 0. The molecule has 0 aliphatic rings. The Hall–Kier alpha value is -2.37. The predicted octanol–water partition coefficient (Wildman–Crippen LogP) is 0.600. The maximum Gasteiger partial charge on any atom is 0.311 e. The van der Waals surface area contributed by atoms with Gasteiger partial charge in [-0.05, 0) is 12.1 Å². The molecule has 0 unspecified atom stereocenters. The van der Waals surface area contributed by atoms with Crippen molar-refractivity contribution in [3.63, 3.8) is 0 Å². The molecule has 1 heterocycles. The van der Waals surface area contributed by atoms with Gasteiger partial charge in [-0.3, -0.25) is 4.79 Å². The van der Waals surface area contributed by atoms with Gasteiger partial charge in [0.2, 0.25) is 0 Å². The zero-order chi connectivity index (χ0) is 11.5. The lowest BCUT2D eigenvalue weighted by Crippen LogP contribution is -2.03. The standard InChI is InChI=1S/C10H9N3O3/c14-8-4-2-1-3-7(8)13-6-11-9(12-13)5-10(15)16/h1-4,6,14H,5H2,(H,15,16). The van der Waals surface area contributed by atoms with Crippen LogP contribution in [0.5, 0.6) is 5.75 Å². The Kier molecular flexibility index (Phi) is 2.55. The van der Waals surface area contributed by atoms with E-state index in [0.29, 0.717) is 5.69 Å². The van der Waals surface area contributed by atoms with Crippen LogP contribution >= 0.6 is 0 Å². The zero-order valence-corrected chi connectivity index (χ0v) is 8.24. The number of nitrogens with zero attached hydrogens (tertiary/aromatic N) is 3. The number of hydrogen-bond acceptors (Lipinski definition) is 4. The molecule has 0 saturated heterocycles. The maximum absolute atomic E-state index is 10.4. The number of para-hydroxylation sites is 2. The average molecular weight is 219 g/mol. The molecule has 2 N–H and O–H groups in total. The van der Waals surface area contributed by atoms with Gasteiger partial charge in [0.25, 0.3) is 0 Å². The summed E-state index contributed by atoms with van der Waals surface area (Å²) in [5, 5.41) is 22.1. The van der Waals surface area contributed by atoms with Crippen LogP contribution in [0.4, 0.5) is 0 Å². The Morgan fingerprint density at radius 1 is 1.38 bits per heavy atom. The van der Waals surface area contributed by atoms with E-state index in [9.17, 15) is 9.90 Å². The van der Waals surface area contributed by atoms with Crippen molar-refractivity contribution in [1.82, 2.24) is 14.8 Å². The SMILES string of the molecule is O=C(O)Cc1ncn(-c2ccccc2O)n1. The fraction of sp³-hybridized carbons (Fsp3) is 0.100. The number of carbonyl (C=O) groups is 1. The van der Waals surface area contributed by atoms with Gasteiger partial charge in [-0.1, -0.05) is 12.1 Å². The molecule has 0 radical (unpaired) electrons. The number of hydrogen-bond donors (Lipinski definition) is 2. The van der Waals surface area contributed by atoms with E-state index in [-0.39, 0.29) is 18.0 Å². The highest BCUT2D eigenvalue weighted by molar-refractivity contribution is 5.68. The summed E-state index contributed by atoms with van der Waals surface area (Å²) in [5.74, 6) is -0.722. The van der Waals surface area contributed by atoms with E-state index in [1.165, 1.54) is 17.1 Å². The molecule has 0 aliphatic carbocycles. The Morgan fingerprint density at radius 3 is 2.81 bits per heavy atom. The highest BCUT2D eigenvalue weighted by Gasteiger charge is 2.08. The molecule has 0 saturated carbocycles. The van der Waals surface area contributed by atoms with Crippen molar-refractivity contribution < 1.29 is 15.0 Å². The summed E-state index contributed by atoms with van der Waals surface area (Å²) in [7, 11) is 0. The second-order valence-corrected chi connectivity index (χ2v) is 3.16. The van der Waals surface area contributed by atoms with Gasteiger partial charge in [0.15, 0.2) is 5.82 Å². The molecule has 0 fully saturated rings. The highest BCUT2D eigenvalue weighted by Crippen LogP contribution is 2.19. The van der Waals surface area contributed by atoms with E-state index in [2.05, 4.69) is 10.1 Å². The van der Waals surface area contributed by atoms with Gasteiger partial charge < -0.3 is 10.2 Å². The molecule has 6 nitrogen and oxygen atoms in total. The molecule has 2 aromatic rings. The van der Waals surface area contributed by atoms with E-state index < -0.39 is 5.97 Å². The van der Waals surface area contributed by atoms with Gasteiger partial charge in [0.05, 0.1) is 0 Å². The lowest BCUT2D eigenvalue weighted by Gasteiger charge is -2.01. The van der Waals surface area contributed by atoms with Gasteiger partial charge in [-0.2, -0.15) is 5.10 Å². The van der Waals surface area contributed by atoms with Gasteiger partial charge in [0.1, 0.15) is 24.2 Å². The summed E-state index contributed by atoms with van der Waals surface area (Å²) < 4.78 is 1.34. The van der Waals surface area contributed by atoms with Crippen LogP contribution in [0.25, 0.3) is 5.69 Å². The average Bonchev–Trinajstić information content (AvgIpc) is 2.66. The lowest BCUT2D eigenvalue weighted by atomic mass is 10.3. The minimum Gasteiger partial charge on any atom is -0.506 e. The van der Waals surface area contributed by atoms with E-state index in [1.807, 2.05) is 0 Å². The third kappa shape index (κ3) is 2.00. The molecule has 1 aromatic heterocycles. The van der Waals surface area contributed by atoms with Gasteiger partial charge in [0, 0.05) is 0 Å². The van der Waals surface area contributed by atoms with E-state index in [1.54, 1.807) is 18.2 Å². The third-order valence-electron chi connectivity index (χ3n) is 1.98. The third-order valence-corrected chi connectivity index (χ3v) is 1.98. The zero-order valence-electron chi connectivity index (χ0n) is 8.24. The first-order chi connectivity index (χ1) is 7.66. The molecule has 16 heavy (non-hydrogen) atoms. The maximum atomic E-state index is 10.4. The largest absolute Gasteiger partial charge is 0.506 e. The van der Waals surface area contributed by atoms with E-state index in [0.717, 1.165) is 0 Å². The van der Waals surface area contributed by atoms with Crippen LogP contribution in [0.2, 0.25) is 0 Å². The van der Waals surface area contributed by atoms with Crippen LogP contribution in [0.3, 0.4) is 0 Å². The number of benzene rings is 1. The number of carboxylic acids is 1. The van der Waals surface area contributed by atoms with Crippen LogP contribution < -0.4 is 0 Å². The van der Waals surface area contributed by atoms with Crippen molar-refractivity contribution in [1.29, 1.82) is 0 Å². The van der Waals surface area contributed by atoms with Crippen molar-refractivity contribution in [2.75, 3.05) is 0 Å². The summed E-state index contributed by atoms with van der Waals surface area (Å²) in [6.07, 6.45) is 1.13. The number of aromatic hydroxyl groups is 1. The molecule has 0 spiro atoms. The smallest absolute Gasteiger partial charge is 0.311 e. The van der Waals surface area contributed by atoms with Crippen LogP contribution in [-0.4, -0.2) is 30.9 Å². The fourth-order valence-electron chi connectivity index (χ4n) is 1.29. The van der Waals surface area contributed by atoms with Crippen molar-refractivity contribution in [3.05, 3.63) is 36.4 Å². The number of rotatable bonds is 3. The Balaban J connectivity index is 2.32. The van der Waals surface area contributed by atoms with E-state index >= 15 is 0 Å². The lowest BCUT2D eigenvalue weighted by molar-refractivity contribution is -0.136. The van der Waals surface area contributed by atoms with Gasteiger partial charge >= 0.3 is 5.97 Å². The van der Waals surface area contributed by atoms with Crippen molar-refractivity contribution in [3.8, 4) is 11.4 Å². The molecule has 6 heteroatoms. The van der Waals surface area contributed by atoms with Crippen molar-refractivity contribution in [2.45, 2.75) is 6.42 Å². The van der Waals surface area contributed by atoms with Crippen LogP contribution in [0, 0.1) is 0 Å². The second kappa shape index (κ2) is 4.01. The molecular weight excluding hydrogens is 210 g/mol. The Morgan fingerprint density at radius 2 is 2.12 bits per heavy atom. The number of phenols is 1. The second-order valence-electron chi connectivity index (χ2n) is 3.16.